The van der Waals surface area contributed by atoms with Gasteiger partial charge in [-0.3, -0.25) is 4.79 Å². The summed E-state index contributed by atoms with van der Waals surface area (Å²) in [4.78, 5) is 20.9. The van der Waals surface area contributed by atoms with E-state index in [2.05, 4.69) is 23.3 Å². The van der Waals surface area contributed by atoms with Crippen LogP contribution in [0.2, 0.25) is 0 Å². The first-order valence-corrected chi connectivity index (χ1v) is 4.21. The molecule has 0 aromatic carbocycles. The number of nitrogens with two attached hydrogens (primary N) is 1. The first kappa shape index (κ1) is 11.1. The van der Waals surface area contributed by atoms with Gasteiger partial charge in [0.05, 0.1) is 0 Å². The molecule has 0 unspecified atom stereocenters. The smallest absolute Gasteiger partial charge is 0.312 e. The number of urea groups is 1. The lowest BCUT2D eigenvalue weighted by molar-refractivity contribution is -0.120. The molecule has 0 atom stereocenters. The lowest BCUT2D eigenvalue weighted by atomic mass is 10.4. The lowest BCUT2D eigenvalue weighted by Gasteiger charge is -2.03. The molecular formula is C6H13N3O2S. The van der Waals surface area contributed by atoms with Gasteiger partial charge in [-0.1, -0.05) is 0 Å². The van der Waals surface area contributed by atoms with Crippen molar-refractivity contribution in [2.75, 3.05) is 18.8 Å². The Bertz CT molecular complexity index is 163. The van der Waals surface area contributed by atoms with Crippen LogP contribution in [0, 0.1) is 0 Å². The fourth-order valence-electron chi connectivity index (χ4n) is 0.578. The quantitative estimate of drug-likeness (QED) is 0.335. The van der Waals surface area contributed by atoms with Gasteiger partial charge in [0, 0.05) is 19.5 Å². The van der Waals surface area contributed by atoms with E-state index in [4.69, 9.17) is 5.73 Å². The molecule has 0 aliphatic rings. The van der Waals surface area contributed by atoms with Gasteiger partial charge in [-0.05, 0) is 5.75 Å². The fourth-order valence-corrected chi connectivity index (χ4v) is 0.781. The van der Waals surface area contributed by atoms with E-state index in [0.29, 0.717) is 25.3 Å². The van der Waals surface area contributed by atoms with Crippen molar-refractivity contribution in [3.8, 4) is 0 Å². The number of hydrogen-bond donors (Lipinski definition) is 4. The maximum atomic E-state index is 10.8. The number of thiol groups is 1. The van der Waals surface area contributed by atoms with Gasteiger partial charge in [-0.25, -0.2) is 4.79 Å². The number of carbonyl (C=O) groups is 2. The standard InChI is InChI=1S/C6H13N3O2S/c7-6(11)9-3-2-8-5(10)1-4-12/h12H,1-4H2,(H,8,10)(H3,7,9,11). The summed E-state index contributed by atoms with van der Waals surface area (Å²) >= 11 is 3.89. The number of nitrogens with one attached hydrogen (secondary N) is 2. The summed E-state index contributed by atoms with van der Waals surface area (Å²) in [6.45, 7) is 0.753. The highest BCUT2D eigenvalue weighted by atomic mass is 32.1. The highest BCUT2D eigenvalue weighted by Crippen LogP contribution is 1.81. The zero-order valence-electron chi connectivity index (χ0n) is 6.67. The van der Waals surface area contributed by atoms with E-state index >= 15 is 0 Å². The number of primary amides is 1. The normalized spacial score (nSPS) is 9.08. The predicted molar refractivity (Wildman–Crippen MR) is 49.1 cm³/mol. The molecule has 0 fully saturated rings. The second-order valence-electron chi connectivity index (χ2n) is 2.11. The molecule has 4 N–H and O–H groups in total. The van der Waals surface area contributed by atoms with E-state index in [0.717, 1.165) is 0 Å². The summed E-state index contributed by atoms with van der Waals surface area (Å²) in [5.41, 5.74) is 4.79. The fraction of sp³-hybridized carbons (Fsp3) is 0.667. The van der Waals surface area contributed by atoms with Crippen LogP contribution in [0.25, 0.3) is 0 Å². The molecule has 0 saturated heterocycles. The predicted octanol–water partition coefficient (Wildman–Crippen LogP) is -0.909. The number of rotatable bonds is 5. The molecule has 0 rings (SSSR count). The minimum Gasteiger partial charge on any atom is -0.354 e. The van der Waals surface area contributed by atoms with Crippen LogP contribution >= 0.6 is 12.6 Å². The molecule has 0 aliphatic carbocycles. The highest BCUT2D eigenvalue weighted by molar-refractivity contribution is 7.80. The van der Waals surface area contributed by atoms with Crippen LogP contribution in [0.5, 0.6) is 0 Å². The van der Waals surface area contributed by atoms with Crippen LogP contribution in [-0.4, -0.2) is 30.8 Å². The SMILES string of the molecule is NC(=O)NCCNC(=O)CCS. The third-order valence-electron chi connectivity index (χ3n) is 1.09. The second kappa shape index (κ2) is 6.78. The van der Waals surface area contributed by atoms with Crippen LogP contribution in [0.15, 0.2) is 0 Å². The first-order chi connectivity index (χ1) is 5.66. The zero-order valence-corrected chi connectivity index (χ0v) is 7.56. The molecule has 0 aromatic heterocycles. The Balaban J connectivity index is 3.19. The van der Waals surface area contributed by atoms with Crippen molar-refractivity contribution in [2.45, 2.75) is 6.42 Å². The number of carbonyl (C=O) groups excluding carboxylic acids is 2. The van der Waals surface area contributed by atoms with Gasteiger partial charge in [-0.2, -0.15) is 12.6 Å². The molecule has 0 saturated carbocycles. The number of hydrogen-bond acceptors (Lipinski definition) is 3. The van der Waals surface area contributed by atoms with Crippen LogP contribution in [0.4, 0.5) is 4.79 Å². The van der Waals surface area contributed by atoms with Crippen molar-refractivity contribution >= 4 is 24.6 Å². The molecule has 0 aromatic rings. The molecule has 5 nitrogen and oxygen atoms in total. The van der Waals surface area contributed by atoms with E-state index in [1.165, 1.54) is 0 Å². The summed E-state index contributed by atoms with van der Waals surface area (Å²) in [5, 5.41) is 4.93. The Labute approximate surface area is 76.5 Å². The van der Waals surface area contributed by atoms with Crippen LogP contribution in [0.1, 0.15) is 6.42 Å². The number of amides is 3. The Morgan fingerprint density at radius 2 is 1.83 bits per heavy atom. The molecule has 70 valence electrons. The summed E-state index contributed by atoms with van der Waals surface area (Å²) in [6, 6.07) is -0.585. The zero-order chi connectivity index (χ0) is 9.40. The van der Waals surface area contributed by atoms with Gasteiger partial charge in [-0.15, -0.1) is 0 Å². The van der Waals surface area contributed by atoms with E-state index in [1.807, 2.05) is 0 Å². The van der Waals surface area contributed by atoms with Gasteiger partial charge < -0.3 is 16.4 Å². The molecule has 0 aliphatic heterocycles. The van der Waals surface area contributed by atoms with Crippen molar-refractivity contribution in [1.29, 1.82) is 0 Å². The van der Waals surface area contributed by atoms with Crippen molar-refractivity contribution < 1.29 is 9.59 Å². The molecule has 0 radical (unpaired) electrons. The van der Waals surface area contributed by atoms with E-state index < -0.39 is 6.03 Å². The maximum absolute atomic E-state index is 10.8. The van der Waals surface area contributed by atoms with E-state index in [1.54, 1.807) is 0 Å². The molecule has 0 heterocycles. The minimum atomic E-state index is -0.585. The molecule has 0 bridgehead atoms. The lowest BCUT2D eigenvalue weighted by Crippen LogP contribution is -2.37. The third kappa shape index (κ3) is 7.20. The Hall–Kier alpha value is -0.910. The largest absolute Gasteiger partial charge is 0.354 e. The van der Waals surface area contributed by atoms with Gasteiger partial charge >= 0.3 is 6.03 Å². The van der Waals surface area contributed by atoms with Crippen molar-refractivity contribution in [1.82, 2.24) is 10.6 Å². The Morgan fingerprint density at radius 1 is 1.25 bits per heavy atom. The third-order valence-corrected chi connectivity index (χ3v) is 1.31. The summed E-state index contributed by atoms with van der Waals surface area (Å²) in [7, 11) is 0. The first-order valence-electron chi connectivity index (χ1n) is 3.57. The van der Waals surface area contributed by atoms with Crippen LogP contribution in [-0.2, 0) is 4.79 Å². The maximum Gasteiger partial charge on any atom is 0.312 e. The molecule has 6 heteroatoms. The Morgan fingerprint density at radius 3 is 2.33 bits per heavy atom. The molecule has 0 spiro atoms. The van der Waals surface area contributed by atoms with Gasteiger partial charge in [0.2, 0.25) is 5.91 Å². The summed E-state index contributed by atoms with van der Waals surface area (Å²) in [5.74, 6) is 0.450. The second-order valence-corrected chi connectivity index (χ2v) is 2.56. The summed E-state index contributed by atoms with van der Waals surface area (Å²) in [6.07, 6.45) is 0.389. The Kier molecular flexibility index (Phi) is 6.26. The topological polar surface area (TPSA) is 84.2 Å². The van der Waals surface area contributed by atoms with Crippen molar-refractivity contribution in [3.63, 3.8) is 0 Å². The average molecular weight is 191 g/mol. The molecule has 12 heavy (non-hydrogen) atoms. The molecule has 3 amide bonds. The van der Waals surface area contributed by atoms with E-state index in [9.17, 15) is 9.59 Å². The summed E-state index contributed by atoms with van der Waals surface area (Å²) < 4.78 is 0. The monoisotopic (exact) mass is 191 g/mol. The van der Waals surface area contributed by atoms with Crippen molar-refractivity contribution in [2.24, 2.45) is 5.73 Å². The average Bonchev–Trinajstić information content (AvgIpc) is 1.98. The van der Waals surface area contributed by atoms with Gasteiger partial charge in [0.15, 0.2) is 0 Å². The highest BCUT2D eigenvalue weighted by Gasteiger charge is 1.97. The van der Waals surface area contributed by atoms with Crippen LogP contribution in [0.3, 0.4) is 0 Å². The van der Waals surface area contributed by atoms with Crippen LogP contribution < -0.4 is 16.4 Å². The van der Waals surface area contributed by atoms with Gasteiger partial charge in [0.25, 0.3) is 0 Å². The van der Waals surface area contributed by atoms with E-state index in [-0.39, 0.29) is 5.91 Å². The van der Waals surface area contributed by atoms with Gasteiger partial charge in [0.1, 0.15) is 0 Å². The van der Waals surface area contributed by atoms with Crippen molar-refractivity contribution in [3.05, 3.63) is 0 Å². The minimum absolute atomic E-state index is 0.0729. The molecular weight excluding hydrogens is 178 g/mol.